The molecule has 0 amide bonds. The summed E-state index contributed by atoms with van der Waals surface area (Å²) < 4.78 is 5.34. The van der Waals surface area contributed by atoms with Gasteiger partial charge in [-0.15, -0.1) is 0 Å². The van der Waals surface area contributed by atoms with Gasteiger partial charge in [0.1, 0.15) is 5.76 Å². The van der Waals surface area contributed by atoms with Gasteiger partial charge in [0.25, 0.3) is 0 Å². The molecule has 4 heteroatoms. The molecular weight excluding hydrogens is 236 g/mol. The van der Waals surface area contributed by atoms with E-state index in [1.807, 2.05) is 24.3 Å². The summed E-state index contributed by atoms with van der Waals surface area (Å²) in [6.07, 6.45) is 1.67. The summed E-state index contributed by atoms with van der Waals surface area (Å²) in [5.74, 6) is 0.916. The number of hydrogen-bond acceptors (Lipinski definition) is 3. The zero-order valence-electron chi connectivity index (χ0n) is 9.69. The second kappa shape index (κ2) is 5.15. The Labute approximate surface area is 106 Å². The summed E-state index contributed by atoms with van der Waals surface area (Å²) in [5, 5.41) is 0.665. The van der Waals surface area contributed by atoms with Gasteiger partial charge in [-0.2, -0.15) is 0 Å². The van der Waals surface area contributed by atoms with Gasteiger partial charge in [0.2, 0.25) is 0 Å². The van der Waals surface area contributed by atoms with E-state index >= 15 is 0 Å². The van der Waals surface area contributed by atoms with Crippen LogP contribution in [0.5, 0.6) is 0 Å². The van der Waals surface area contributed by atoms with Crippen LogP contribution in [0.3, 0.4) is 0 Å². The fourth-order valence-electron chi connectivity index (χ4n) is 1.74. The quantitative estimate of drug-likeness (QED) is 0.844. The number of nitrogens with zero attached hydrogens (tertiary/aromatic N) is 1. The topological polar surface area (TPSA) is 42.4 Å². The minimum Gasteiger partial charge on any atom is -0.467 e. The van der Waals surface area contributed by atoms with E-state index in [1.54, 1.807) is 12.3 Å². The molecule has 0 radical (unpaired) electrons. The lowest BCUT2D eigenvalue weighted by Crippen LogP contribution is -2.22. The van der Waals surface area contributed by atoms with E-state index in [4.69, 9.17) is 21.8 Å². The molecule has 0 saturated heterocycles. The lowest BCUT2D eigenvalue weighted by Gasteiger charge is -2.23. The normalized spacial score (nSPS) is 10.5. The smallest absolute Gasteiger partial charge is 0.123 e. The maximum atomic E-state index is 6.19. The number of benzene rings is 1. The monoisotopic (exact) mass is 250 g/mol. The molecule has 0 bridgehead atoms. The highest BCUT2D eigenvalue weighted by Crippen LogP contribution is 2.28. The highest BCUT2D eigenvalue weighted by atomic mass is 35.5. The van der Waals surface area contributed by atoms with Crippen molar-refractivity contribution in [2.24, 2.45) is 0 Å². The van der Waals surface area contributed by atoms with E-state index in [0.717, 1.165) is 18.0 Å². The molecule has 0 aliphatic rings. The van der Waals surface area contributed by atoms with Crippen LogP contribution in [0.2, 0.25) is 5.02 Å². The van der Waals surface area contributed by atoms with Crippen LogP contribution in [0.25, 0.3) is 0 Å². The fourth-order valence-corrected chi connectivity index (χ4v) is 2.05. The predicted molar refractivity (Wildman–Crippen MR) is 71.3 cm³/mol. The molecule has 0 unspecified atom stereocenters. The molecule has 90 valence electrons. The number of halogens is 1. The number of nitrogen functional groups attached to an aromatic ring is 1. The van der Waals surface area contributed by atoms with E-state index in [-0.39, 0.29) is 0 Å². The average Bonchev–Trinajstić information content (AvgIpc) is 2.79. The zero-order chi connectivity index (χ0) is 12.3. The third-order valence-electron chi connectivity index (χ3n) is 2.62. The first-order valence-electron chi connectivity index (χ1n) is 5.53. The van der Waals surface area contributed by atoms with Crippen molar-refractivity contribution in [2.45, 2.75) is 13.5 Å². The average molecular weight is 251 g/mol. The van der Waals surface area contributed by atoms with Crippen molar-refractivity contribution in [3.63, 3.8) is 0 Å². The molecule has 0 saturated carbocycles. The van der Waals surface area contributed by atoms with Gasteiger partial charge < -0.3 is 15.1 Å². The molecule has 2 rings (SSSR count). The second-order valence-corrected chi connectivity index (χ2v) is 4.21. The van der Waals surface area contributed by atoms with Gasteiger partial charge in [0.15, 0.2) is 0 Å². The number of anilines is 2. The number of nitrogens with two attached hydrogens (primary N) is 1. The van der Waals surface area contributed by atoms with Crippen LogP contribution in [-0.2, 0) is 6.54 Å². The van der Waals surface area contributed by atoms with Gasteiger partial charge in [-0.05, 0) is 37.3 Å². The Morgan fingerprint density at radius 3 is 2.76 bits per heavy atom. The van der Waals surface area contributed by atoms with E-state index in [1.165, 1.54) is 0 Å². The van der Waals surface area contributed by atoms with Crippen molar-refractivity contribution in [2.75, 3.05) is 17.2 Å². The van der Waals surface area contributed by atoms with E-state index in [2.05, 4.69) is 11.8 Å². The number of hydrogen-bond donors (Lipinski definition) is 1. The lowest BCUT2D eigenvalue weighted by molar-refractivity contribution is 0.503. The first-order valence-corrected chi connectivity index (χ1v) is 5.91. The van der Waals surface area contributed by atoms with Crippen molar-refractivity contribution in [1.29, 1.82) is 0 Å². The fraction of sp³-hybridized carbons (Fsp3) is 0.231. The molecule has 3 nitrogen and oxygen atoms in total. The molecule has 0 atom stereocenters. The summed E-state index contributed by atoms with van der Waals surface area (Å²) >= 11 is 6.19. The van der Waals surface area contributed by atoms with Crippen molar-refractivity contribution in [3.05, 3.63) is 47.4 Å². The molecule has 1 heterocycles. The SMILES string of the molecule is CCN(Cc1ccco1)c1ccc(N)cc1Cl. The van der Waals surface area contributed by atoms with Crippen LogP contribution >= 0.6 is 11.6 Å². The summed E-state index contributed by atoms with van der Waals surface area (Å²) in [6, 6.07) is 9.39. The van der Waals surface area contributed by atoms with Crippen molar-refractivity contribution in [3.8, 4) is 0 Å². The molecule has 0 fully saturated rings. The molecule has 0 aliphatic carbocycles. The third kappa shape index (κ3) is 2.74. The van der Waals surface area contributed by atoms with Gasteiger partial charge >= 0.3 is 0 Å². The standard InChI is InChI=1S/C13H15ClN2O/c1-2-16(9-11-4-3-7-17-11)13-6-5-10(15)8-12(13)14/h3-8H,2,9,15H2,1H3. The maximum absolute atomic E-state index is 6.19. The van der Waals surface area contributed by atoms with Crippen LogP contribution in [0.1, 0.15) is 12.7 Å². The molecule has 1 aromatic heterocycles. The second-order valence-electron chi connectivity index (χ2n) is 3.80. The maximum Gasteiger partial charge on any atom is 0.123 e. The highest BCUT2D eigenvalue weighted by molar-refractivity contribution is 6.33. The molecule has 2 N–H and O–H groups in total. The Bertz CT molecular complexity index is 482. The molecular formula is C13H15ClN2O. The van der Waals surface area contributed by atoms with Gasteiger partial charge in [-0.1, -0.05) is 11.6 Å². The van der Waals surface area contributed by atoms with Gasteiger partial charge in [-0.3, -0.25) is 0 Å². The summed E-state index contributed by atoms with van der Waals surface area (Å²) in [5.41, 5.74) is 7.33. The highest BCUT2D eigenvalue weighted by Gasteiger charge is 2.10. The summed E-state index contributed by atoms with van der Waals surface area (Å²) in [4.78, 5) is 2.14. The minimum absolute atomic E-state index is 0.665. The Kier molecular flexibility index (Phi) is 3.59. The lowest BCUT2D eigenvalue weighted by atomic mass is 10.2. The van der Waals surface area contributed by atoms with Gasteiger partial charge in [0, 0.05) is 12.2 Å². The molecule has 1 aromatic carbocycles. The first kappa shape index (κ1) is 11.9. The summed E-state index contributed by atoms with van der Waals surface area (Å²) in [7, 11) is 0. The Morgan fingerprint density at radius 1 is 1.35 bits per heavy atom. The number of rotatable bonds is 4. The zero-order valence-corrected chi connectivity index (χ0v) is 10.4. The molecule has 17 heavy (non-hydrogen) atoms. The van der Waals surface area contributed by atoms with Crippen LogP contribution in [0, 0.1) is 0 Å². The summed E-state index contributed by atoms with van der Waals surface area (Å²) in [6.45, 7) is 3.63. The van der Waals surface area contributed by atoms with Crippen LogP contribution in [-0.4, -0.2) is 6.54 Å². The first-order chi connectivity index (χ1) is 8.20. The predicted octanol–water partition coefficient (Wildman–Crippen LogP) is 3.54. The van der Waals surface area contributed by atoms with Gasteiger partial charge in [0.05, 0.1) is 23.5 Å². The van der Waals surface area contributed by atoms with Crippen molar-refractivity contribution in [1.82, 2.24) is 0 Å². The Hall–Kier alpha value is -1.61. The minimum atomic E-state index is 0.665. The molecule has 0 spiro atoms. The van der Waals surface area contributed by atoms with Crippen LogP contribution in [0.15, 0.2) is 41.0 Å². The third-order valence-corrected chi connectivity index (χ3v) is 2.92. The van der Waals surface area contributed by atoms with Gasteiger partial charge in [-0.25, -0.2) is 0 Å². The van der Waals surface area contributed by atoms with Crippen molar-refractivity contribution >= 4 is 23.0 Å². The molecule has 2 aromatic rings. The van der Waals surface area contributed by atoms with Crippen LogP contribution < -0.4 is 10.6 Å². The van der Waals surface area contributed by atoms with E-state index in [0.29, 0.717) is 17.3 Å². The Balaban J connectivity index is 2.23. The van der Waals surface area contributed by atoms with Crippen LogP contribution in [0.4, 0.5) is 11.4 Å². The Morgan fingerprint density at radius 2 is 2.18 bits per heavy atom. The number of furan rings is 1. The van der Waals surface area contributed by atoms with E-state index in [9.17, 15) is 0 Å². The molecule has 0 aliphatic heterocycles. The largest absolute Gasteiger partial charge is 0.467 e. The van der Waals surface area contributed by atoms with Crippen molar-refractivity contribution < 1.29 is 4.42 Å². The van der Waals surface area contributed by atoms with E-state index < -0.39 is 0 Å².